The average Bonchev–Trinajstić information content (AvgIpc) is 2.04. The Kier molecular flexibility index (Phi) is 3.34. The fraction of sp³-hybridized carbons (Fsp3) is 0.400. The maximum atomic E-state index is 11.3. The molecule has 0 spiro atoms. The van der Waals surface area contributed by atoms with Gasteiger partial charge in [-0.15, -0.1) is 0 Å². The highest BCUT2D eigenvalue weighted by atomic mass is 32.2. The standard InChI is InChI=1S/C10H17NO3SSi/c1-15(12,13)8-5-6-10(9(11)7-8)14-16(2,3)4/h5-7H,11H2,1-4H3. The summed E-state index contributed by atoms with van der Waals surface area (Å²) in [6, 6.07) is 4.57. The Labute approximate surface area is 97.5 Å². The molecule has 0 fully saturated rings. The molecule has 6 heteroatoms. The lowest BCUT2D eigenvalue weighted by Crippen LogP contribution is -2.29. The number of hydrogen-bond donors (Lipinski definition) is 1. The van der Waals surface area contributed by atoms with Gasteiger partial charge < -0.3 is 10.2 Å². The molecular formula is C10H17NO3SSi. The van der Waals surface area contributed by atoms with Crippen molar-refractivity contribution in [1.29, 1.82) is 0 Å². The molecule has 1 aromatic carbocycles. The highest BCUT2D eigenvalue weighted by molar-refractivity contribution is 7.90. The molecule has 0 aromatic heterocycles. The van der Waals surface area contributed by atoms with E-state index in [2.05, 4.69) is 0 Å². The van der Waals surface area contributed by atoms with Crippen LogP contribution in [0.15, 0.2) is 23.1 Å². The number of nitrogen functional groups attached to an aromatic ring is 1. The first kappa shape index (κ1) is 13.1. The summed E-state index contributed by atoms with van der Waals surface area (Å²) in [5.41, 5.74) is 6.12. The third-order valence-electron chi connectivity index (χ3n) is 1.83. The van der Waals surface area contributed by atoms with Gasteiger partial charge in [-0.25, -0.2) is 8.42 Å². The van der Waals surface area contributed by atoms with E-state index in [1.54, 1.807) is 6.07 Å². The second-order valence-corrected chi connectivity index (χ2v) is 11.1. The summed E-state index contributed by atoms with van der Waals surface area (Å²) in [6.07, 6.45) is 1.15. The summed E-state index contributed by atoms with van der Waals surface area (Å²) in [6.45, 7) is 6.12. The van der Waals surface area contributed by atoms with Crippen LogP contribution < -0.4 is 10.2 Å². The molecule has 1 aromatic rings. The molecule has 0 saturated heterocycles. The quantitative estimate of drug-likeness (QED) is 0.665. The van der Waals surface area contributed by atoms with Crippen molar-refractivity contribution in [2.24, 2.45) is 0 Å². The molecule has 4 nitrogen and oxygen atoms in total. The zero-order valence-electron chi connectivity index (χ0n) is 9.94. The van der Waals surface area contributed by atoms with Crippen molar-refractivity contribution in [2.75, 3.05) is 12.0 Å². The first-order valence-corrected chi connectivity index (χ1v) is 10.2. The number of nitrogens with two attached hydrogens (primary N) is 1. The minimum Gasteiger partial charge on any atom is -0.543 e. The predicted octanol–water partition coefficient (Wildman–Crippen LogP) is 1.89. The zero-order chi connectivity index (χ0) is 12.6. The molecule has 2 N–H and O–H groups in total. The van der Waals surface area contributed by atoms with E-state index in [1.807, 2.05) is 19.6 Å². The van der Waals surface area contributed by atoms with Gasteiger partial charge in [0.1, 0.15) is 5.75 Å². The molecular weight excluding hydrogens is 242 g/mol. The van der Waals surface area contributed by atoms with Gasteiger partial charge in [-0.05, 0) is 37.8 Å². The molecule has 0 radical (unpaired) electrons. The van der Waals surface area contributed by atoms with E-state index >= 15 is 0 Å². The molecule has 0 bridgehead atoms. The summed E-state index contributed by atoms with van der Waals surface area (Å²) in [4.78, 5) is 0.216. The fourth-order valence-electron chi connectivity index (χ4n) is 1.18. The summed E-state index contributed by atoms with van der Waals surface area (Å²) in [5, 5.41) is 0. The molecule has 0 amide bonds. The maximum absolute atomic E-state index is 11.3. The van der Waals surface area contributed by atoms with Crippen LogP contribution in [0, 0.1) is 0 Å². The Hall–Kier alpha value is -1.01. The summed E-state index contributed by atoms with van der Waals surface area (Å²) in [7, 11) is -4.93. The highest BCUT2D eigenvalue weighted by Crippen LogP contribution is 2.27. The van der Waals surface area contributed by atoms with Crippen molar-refractivity contribution >= 4 is 23.8 Å². The van der Waals surface area contributed by atoms with Crippen LogP contribution >= 0.6 is 0 Å². The SMILES string of the molecule is C[Si](C)(C)Oc1ccc(S(C)(=O)=O)cc1N. The Morgan fingerprint density at radius 1 is 1.25 bits per heavy atom. The van der Waals surface area contributed by atoms with Gasteiger partial charge in [-0.3, -0.25) is 0 Å². The maximum Gasteiger partial charge on any atom is 0.242 e. The average molecular weight is 259 g/mol. The molecule has 1 rings (SSSR count). The summed E-state index contributed by atoms with van der Waals surface area (Å²) < 4.78 is 28.3. The number of benzene rings is 1. The Morgan fingerprint density at radius 3 is 2.19 bits per heavy atom. The lowest BCUT2D eigenvalue weighted by Gasteiger charge is -2.20. The van der Waals surface area contributed by atoms with Gasteiger partial charge in [-0.1, -0.05) is 0 Å². The zero-order valence-corrected chi connectivity index (χ0v) is 11.8. The van der Waals surface area contributed by atoms with Crippen LogP contribution in [-0.2, 0) is 9.84 Å². The number of sulfone groups is 1. The predicted molar refractivity (Wildman–Crippen MR) is 67.9 cm³/mol. The van der Waals surface area contributed by atoms with Gasteiger partial charge in [0.15, 0.2) is 9.84 Å². The van der Waals surface area contributed by atoms with Crippen LogP contribution in [0.1, 0.15) is 0 Å². The smallest absolute Gasteiger partial charge is 0.242 e. The van der Waals surface area contributed by atoms with E-state index in [0.29, 0.717) is 11.4 Å². The van der Waals surface area contributed by atoms with Gasteiger partial charge in [0.25, 0.3) is 0 Å². The number of hydrogen-bond acceptors (Lipinski definition) is 4. The van der Waals surface area contributed by atoms with Crippen LogP contribution in [0.5, 0.6) is 5.75 Å². The van der Waals surface area contributed by atoms with E-state index in [9.17, 15) is 8.42 Å². The first-order chi connectivity index (χ1) is 7.09. The Morgan fingerprint density at radius 2 is 1.81 bits per heavy atom. The summed E-state index contributed by atoms with van der Waals surface area (Å²) in [5.74, 6) is 0.562. The molecule has 0 atom stereocenters. The van der Waals surface area contributed by atoms with Crippen molar-refractivity contribution in [3.8, 4) is 5.75 Å². The van der Waals surface area contributed by atoms with Crippen molar-refractivity contribution in [2.45, 2.75) is 24.5 Å². The number of rotatable bonds is 3. The second-order valence-electron chi connectivity index (χ2n) is 4.69. The van der Waals surface area contributed by atoms with E-state index in [4.69, 9.17) is 10.2 Å². The van der Waals surface area contributed by atoms with E-state index < -0.39 is 18.2 Å². The number of anilines is 1. The minimum atomic E-state index is -3.21. The van der Waals surface area contributed by atoms with Crippen LogP contribution in [-0.4, -0.2) is 23.0 Å². The summed E-state index contributed by atoms with van der Waals surface area (Å²) >= 11 is 0. The van der Waals surface area contributed by atoms with Gasteiger partial charge in [-0.2, -0.15) is 0 Å². The molecule has 0 aliphatic heterocycles. The Balaban J connectivity index is 3.11. The van der Waals surface area contributed by atoms with Crippen molar-refractivity contribution in [3.63, 3.8) is 0 Å². The van der Waals surface area contributed by atoms with Crippen LogP contribution in [0.4, 0.5) is 5.69 Å². The van der Waals surface area contributed by atoms with E-state index in [1.165, 1.54) is 12.1 Å². The van der Waals surface area contributed by atoms with Gasteiger partial charge in [0.05, 0.1) is 10.6 Å². The molecule has 90 valence electrons. The molecule has 0 heterocycles. The lowest BCUT2D eigenvalue weighted by atomic mass is 10.3. The first-order valence-electron chi connectivity index (χ1n) is 4.88. The van der Waals surface area contributed by atoms with E-state index in [0.717, 1.165) is 6.26 Å². The molecule has 16 heavy (non-hydrogen) atoms. The molecule has 0 aliphatic carbocycles. The van der Waals surface area contributed by atoms with Crippen molar-refractivity contribution < 1.29 is 12.8 Å². The Bertz CT molecular complexity index is 491. The molecule has 0 aliphatic rings. The minimum absolute atomic E-state index is 0.216. The van der Waals surface area contributed by atoms with Crippen LogP contribution in [0.3, 0.4) is 0 Å². The second kappa shape index (κ2) is 4.10. The largest absolute Gasteiger partial charge is 0.543 e. The monoisotopic (exact) mass is 259 g/mol. The topological polar surface area (TPSA) is 69.4 Å². The third kappa shape index (κ3) is 3.53. The highest BCUT2D eigenvalue weighted by Gasteiger charge is 2.18. The third-order valence-corrected chi connectivity index (χ3v) is 3.77. The fourth-order valence-corrected chi connectivity index (χ4v) is 2.68. The van der Waals surface area contributed by atoms with Gasteiger partial charge in [0, 0.05) is 6.26 Å². The molecule has 0 saturated carbocycles. The van der Waals surface area contributed by atoms with Gasteiger partial charge in [0.2, 0.25) is 8.32 Å². The van der Waals surface area contributed by atoms with E-state index in [-0.39, 0.29) is 4.90 Å². The van der Waals surface area contributed by atoms with Crippen LogP contribution in [0.2, 0.25) is 19.6 Å². The lowest BCUT2D eigenvalue weighted by molar-refractivity contribution is 0.559. The molecule has 0 unspecified atom stereocenters. The van der Waals surface area contributed by atoms with Crippen LogP contribution in [0.25, 0.3) is 0 Å². The van der Waals surface area contributed by atoms with Crippen molar-refractivity contribution in [1.82, 2.24) is 0 Å². The van der Waals surface area contributed by atoms with Gasteiger partial charge >= 0.3 is 0 Å². The normalized spacial score (nSPS) is 12.5. The van der Waals surface area contributed by atoms with Crippen molar-refractivity contribution in [3.05, 3.63) is 18.2 Å².